The standard InChI is InChI=1S/C36H57N15O7/c1-3-19-56-21-23-58-24-22-57-20-9-38-34-39-35(48-14-10-46(11-15-48)31(54)27-50-25-30(7-18-52)42-44-50)41-36(40-34)49-16-12-47(13-17-49)33(55)32(28(2)53)51-26-29(43-45-51)6-4-5-8-37/h1,25-26,28,32,52-53H,4-24,27,37H2,2H3,(H,38,39,40,41)/p+1/t28-,32+/m1/s1. The van der Waals surface area contributed by atoms with Crippen LogP contribution in [0, 0.1) is 12.3 Å². The van der Waals surface area contributed by atoms with Gasteiger partial charge in [-0.1, -0.05) is 16.3 Å². The number of rotatable bonds is 24. The van der Waals surface area contributed by atoms with Gasteiger partial charge in [0.05, 0.1) is 57.1 Å². The SMILES string of the molecule is C#CCOCCOCCOCCNc1nc(N2CCN(C(=O)Cn3cc(CCO)nn3)CC2)nc(N2CCN(C(=O)[C@H]([C@@H](C)O)n3cc(CCCC[NH3+])nn3)CC2)n1. The quantitative estimate of drug-likeness (QED) is 0.0515. The van der Waals surface area contributed by atoms with Crippen LogP contribution in [0.3, 0.4) is 0 Å². The molecule has 2 atom stereocenters. The highest BCUT2D eigenvalue weighted by Gasteiger charge is 2.34. The van der Waals surface area contributed by atoms with Crippen LogP contribution in [0.5, 0.6) is 0 Å². The van der Waals surface area contributed by atoms with Crippen molar-refractivity contribution in [2.24, 2.45) is 0 Å². The van der Waals surface area contributed by atoms with Gasteiger partial charge in [-0.3, -0.25) is 9.59 Å². The number of nitrogens with zero attached hydrogens (tertiary/aromatic N) is 13. The summed E-state index contributed by atoms with van der Waals surface area (Å²) in [5.41, 5.74) is 5.28. The lowest BCUT2D eigenvalue weighted by molar-refractivity contribution is -0.368. The van der Waals surface area contributed by atoms with Crippen LogP contribution in [0.25, 0.3) is 0 Å². The number of aliphatic hydroxyl groups is 2. The number of quaternary nitrogens is 1. The van der Waals surface area contributed by atoms with Gasteiger partial charge in [0.25, 0.3) is 0 Å². The zero-order valence-corrected chi connectivity index (χ0v) is 33.4. The smallest absolute Gasteiger partial charge is 0.250 e. The molecule has 5 heterocycles. The number of piperazine rings is 2. The fraction of sp³-hybridized carbons (Fsp3) is 0.694. The Hall–Kier alpha value is -5.05. The van der Waals surface area contributed by atoms with Crippen LogP contribution in [0.4, 0.5) is 17.8 Å². The highest BCUT2D eigenvalue weighted by Crippen LogP contribution is 2.22. The maximum Gasteiger partial charge on any atom is 0.250 e. The number of anilines is 3. The van der Waals surface area contributed by atoms with Crippen molar-refractivity contribution in [1.29, 1.82) is 0 Å². The first-order valence-electron chi connectivity index (χ1n) is 19.9. The van der Waals surface area contributed by atoms with Gasteiger partial charge in [0.15, 0.2) is 6.04 Å². The van der Waals surface area contributed by atoms with Crippen LogP contribution in [-0.4, -0.2) is 195 Å². The van der Waals surface area contributed by atoms with E-state index in [2.05, 4.69) is 37.6 Å². The lowest BCUT2D eigenvalue weighted by atomic mass is 10.1. The normalized spacial score (nSPS) is 15.7. The lowest BCUT2D eigenvalue weighted by Gasteiger charge is -2.37. The van der Waals surface area contributed by atoms with E-state index in [1.165, 1.54) is 9.36 Å². The van der Waals surface area contributed by atoms with E-state index in [-0.39, 0.29) is 31.6 Å². The van der Waals surface area contributed by atoms with Gasteiger partial charge in [-0.15, -0.1) is 16.6 Å². The molecule has 0 saturated carbocycles. The van der Waals surface area contributed by atoms with Crippen molar-refractivity contribution in [2.75, 3.05) is 127 Å². The van der Waals surface area contributed by atoms with Gasteiger partial charge < -0.3 is 55.1 Å². The molecule has 0 aromatic carbocycles. The fourth-order valence-electron chi connectivity index (χ4n) is 6.46. The number of terminal acetylenes is 1. The summed E-state index contributed by atoms with van der Waals surface area (Å²) in [6.45, 7) is 8.80. The molecule has 0 spiro atoms. The van der Waals surface area contributed by atoms with E-state index >= 15 is 0 Å². The molecule has 22 heteroatoms. The summed E-state index contributed by atoms with van der Waals surface area (Å²) in [6.07, 6.45) is 10.6. The van der Waals surface area contributed by atoms with Crippen LogP contribution in [0.15, 0.2) is 12.4 Å². The third kappa shape index (κ3) is 13.2. The zero-order valence-electron chi connectivity index (χ0n) is 33.4. The first kappa shape index (κ1) is 44.1. The number of carbonyl (C=O) groups excluding carboxylic acids is 2. The minimum absolute atomic E-state index is 0.0385. The number of hydrogen-bond donors (Lipinski definition) is 4. The largest absolute Gasteiger partial charge is 0.396 e. The average Bonchev–Trinajstić information content (AvgIpc) is 3.89. The van der Waals surface area contributed by atoms with E-state index in [9.17, 15) is 14.7 Å². The molecule has 6 N–H and O–H groups in total. The minimum Gasteiger partial charge on any atom is -0.396 e. The molecule has 2 fully saturated rings. The third-order valence-corrected chi connectivity index (χ3v) is 9.60. The maximum absolute atomic E-state index is 13.8. The van der Waals surface area contributed by atoms with Crippen molar-refractivity contribution < 1.29 is 39.7 Å². The Balaban J connectivity index is 1.19. The van der Waals surface area contributed by atoms with Crippen molar-refractivity contribution in [3.05, 3.63) is 23.8 Å². The van der Waals surface area contributed by atoms with Crippen molar-refractivity contribution >= 4 is 29.7 Å². The summed E-state index contributed by atoms with van der Waals surface area (Å²) in [5.74, 6) is 3.40. The maximum atomic E-state index is 13.8. The molecular weight excluding hydrogens is 754 g/mol. The molecule has 5 rings (SSSR count). The molecule has 318 valence electrons. The van der Waals surface area contributed by atoms with Crippen LogP contribution < -0.4 is 20.9 Å². The minimum atomic E-state index is -0.974. The molecule has 3 aromatic heterocycles. The molecule has 2 aliphatic rings. The highest BCUT2D eigenvalue weighted by atomic mass is 16.5. The van der Waals surface area contributed by atoms with Gasteiger partial charge in [-0.25, -0.2) is 9.36 Å². The predicted molar refractivity (Wildman–Crippen MR) is 209 cm³/mol. The molecule has 2 saturated heterocycles. The Bertz CT molecular complexity index is 1740. The highest BCUT2D eigenvalue weighted by molar-refractivity contribution is 5.81. The Labute approximate surface area is 338 Å². The predicted octanol–water partition coefficient (Wildman–Crippen LogP) is -3.13. The topological polar surface area (TPSA) is 255 Å². The molecule has 0 unspecified atom stereocenters. The molecule has 3 aromatic rings. The number of ether oxygens (including phenoxy) is 3. The number of aliphatic hydroxyl groups excluding tert-OH is 2. The second-order valence-corrected chi connectivity index (χ2v) is 13.9. The van der Waals surface area contributed by atoms with E-state index in [1.54, 1.807) is 29.1 Å². The van der Waals surface area contributed by atoms with Crippen LogP contribution in [-0.2, 0) is 43.2 Å². The van der Waals surface area contributed by atoms with Gasteiger partial charge >= 0.3 is 0 Å². The van der Waals surface area contributed by atoms with Crippen LogP contribution >= 0.6 is 0 Å². The number of amides is 2. The Morgan fingerprint density at radius 3 is 2.10 bits per heavy atom. The Morgan fingerprint density at radius 1 is 0.845 bits per heavy atom. The van der Waals surface area contributed by atoms with Crippen molar-refractivity contribution in [1.82, 2.24) is 54.7 Å². The van der Waals surface area contributed by atoms with Crippen molar-refractivity contribution in [3.8, 4) is 12.3 Å². The molecular formula is C36H58N15O7+. The summed E-state index contributed by atoms with van der Waals surface area (Å²) in [5, 5.41) is 39.5. The van der Waals surface area contributed by atoms with Crippen LogP contribution in [0.2, 0.25) is 0 Å². The number of hydrogen-bond acceptors (Lipinski definition) is 17. The van der Waals surface area contributed by atoms with E-state index in [4.69, 9.17) is 40.7 Å². The summed E-state index contributed by atoms with van der Waals surface area (Å²) in [7, 11) is 0. The summed E-state index contributed by atoms with van der Waals surface area (Å²) in [4.78, 5) is 48.7. The third-order valence-electron chi connectivity index (χ3n) is 9.60. The molecule has 0 radical (unpaired) electrons. The van der Waals surface area contributed by atoms with Gasteiger partial charge in [0.1, 0.15) is 13.2 Å². The number of aromatic nitrogens is 9. The Kier molecular flexibility index (Phi) is 17.8. The molecule has 2 amide bonds. The van der Waals surface area contributed by atoms with Crippen LogP contribution in [0.1, 0.15) is 37.2 Å². The molecule has 0 aliphatic carbocycles. The molecule has 22 nitrogen and oxygen atoms in total. The number of aryl methyl sites for hydroxylation is 1. The van der Waals surface area contributed by atoms with Gasteiger partial charge in [-0.2, -0.15) is 15.0 Å². The molecule has 0 bridgehead atoms. The first-order valence-corrected chi connectivity index (χ1v) is 19.9. The summed E-state index contributed by atoms with van der Waals surface area (Å²) < 4.78 is 19.4. The first-order chi connectivity index (χ1) is 28.3. The van der Waals surface area contributed by atoms with E-state index in [0.717, 1.165) is 31.5 Å². The van der Waals surface area contributed by atoms with Gasteiger partial charge in [0.2, 0.25) is 29.7 Å². The number of carbonyl (C=O) groups is 2. The lowest BCUT2D eigenvalue weighted by Crippen LogP contribution is -2.52. The van der Waals surface area contributed by atoms with Crippen molar-refractivity contribution in [3.63, 3.8) is 0 Å². The Morgan fingerprint density at radius 2 is 1.47 bits per heavy atom. The molecule has 2 aliphatic heterocycles. The number of unbranched alkanes of at least 4 members (excludes halogenated alkanes) is 1. The van der Waals surface area contributed by atoms with Gasteiger partial charge in [0, 0.05) is 84.3 Å². The second kappa shape index (κ2) is 23.4. The summed E-state index contributed by atoms with van der Waals surface area (Å²) in [6, 6.07) is -0.896. The average molecular weight is 813 g/mol. The fourth-order valence-corrected chi connectivity index (χ4v) is 6.46. The monoisotopic (exact) mass is 812 g/mol. The number of nitrogens with one attached hydrogen (secondary N) is 1. The second-order valence-electron chi connectivity index (χ2n) is 13.9. The molecule has 58 heavy (non-hydrogen) atoms. The van der Waals surface area contributed by atoms with E-state index < -0.39 is 12.1 Å². The van der Waals surface area contributed by atoms with Gasteiger partial charge in [-0.05, 0) is 26.2 Å². The van der Waals surface area contributed by atoms with E-state index in [0.29, 0.717) is 122 Å². The van der Waals surface area contributed by atoms with E-state index in [1.807, 2.05) is 9.80 Å². The summed E-state index contributed by atoms with van der Waals surface area (Å²) >= 11 is 0. The zero-order chi connectivity index (χ0) is 41.1. The van der Waals surface area contributed by atoms with Crippen molar-refractivity contribution in [2.45, 2.75) is 51.3 Å².